The Morgan fingerprint density at radius 2 is 1.45 bits per heavy atom. The van der Waals surface area contributed by atoms with Crippen molar-refractivity contribution in [3.63, 3.8) is 0 Å². The van der Waals surface area contributed by atoms with E-state index in [1.54, 1.807) is 6.20 Å². The minimum atomic E-state index is 0.552. The van der Waals surface area contributed by atoms with Crippen molar-refractivity contribution in [3.05, 3.63) is 23.5 Å². The molecule has 0 spiro atoms. The molecule has 1 aromatic rings. The fourth-order valence-corrected chi connectivity index (χ4v) is 3.17. The summed E-state index contributed by atoms with van der Waals surface area (Å²) in [5, 5.41) is 4.39. The lowest BCUT2D eigenvalue weighted by atomic mass is 9.98. The Labute approximate surface area is 128 Å². The van der Waals surface area contributed by atoms with E-state index < -0.39 is 0 Å². The highest BCUT2D eigenvalue weighted by Gasteiger charge is 2.11. The summed E-state index contributed by atoms with van der Waals surface area (Å²) in [6.45, 7) is 0. The minimum Gasteiger partial charge on any atom is -0.380 e. The molecule has 0 amide bonds. The first-order valence-electron chi connectivity index (χ1n) is 8.22. The number of hydrogen-bond donors (Lipinski definition) is 1. The van der Waals surface area contributed by atoms with Crippen molar-refractivity contribution in [2.45, 2.75) is 76.7 Å². The van der Waals surface area contributed by atoms with Crippen LogP contribution >= 0.6 is 11.6 Å². The van der Waals surface area contributed by atoms with E-state index in [0.717, 1.165) is 10.7 Å². The predicted octanol–water partition coefficient (Wildman–Crippen LogP) is 5.82. The van der Waals surface area contributed by atoms with Gasteiger partial charge in [0.1, 0.15) is 0 Å². The second-order valence-electron chi connectivity index (χ2n) is 5.96. The molecule has 0 bridgehead atoms. The fraction of sp³-hybridized carbons (Fsp3) is 0.706. The Morgan fingerprint density at radius 1 is 0.900 bits per heavy atom. The van der Waals surface area contributed by atoms with Gasteiger partial charge in [-0.1, -0.05) is 69.4 Å². The number of aromatic nitrogens is 1. The maximum absolute atomic E-state index is 6.22. The van der Waals surface area contributed by atoms with Gasteiger partial charge in [0.15, 0.2) is 0 Å². The average Bonchev–Trinajstić information content (AvgIpc) is 2.44. The second kappa shape index (κ2) is 9.23. The third kappa shape index (κ3) is 5.70. The van der Waals surface area contributed by atoms with E-state index in [1.165, 1.54) is 70.6 Å². The Kier molecular flexibility index (Phi) is 7.21. The first-order valence-corrected chi connectivity index (χ1v) is 8.60. The van der Waals surface area contributed by atoms with Gasteiger partial charge in [-0.25, -0.2) is 0 Å². The summed E-state index contributed by atoms with van der Waals surface area (Å²) in [4.78, 5) is 4.17. The smallest absolute Gasteiger partial charge is 0.0718 e. The highest BCUT2D eigenvalue weighted by molar-refractivity contribution is 6.33. The lowest BCUT2D eigenvalue weighted by Gasteiger charge is -2.21. The van der Waals surface area contributed by atoms with E-state index in [4.69, 9.17) is 11.6 Å². The van der Waals surface area contributed by atoms with E-state index in [2.05, 4.69) is 10.3 Å². The van der Waals surface area contributed by atoms with Crippen LogP contribution in [0.5, 0.6) is 0 Å². The Balaban J connectivity index is 1.87. The van der Waals surface area contributed by atoms with E-state index in [-0.39, 0.29) is 0 Å². The predicted molar refractivity (Wildman–Crippen MR) is 87.4 cm³/mol. The van der Waals surface area contributed by atoms with Crippen molar-refractivity contribution in [1.29, 1.82) is 0 Å². The molecule has 0 unspecified atom stereocenters. The molecular weight excluding hydrogens is 268 g/mol. The van der Waals surface area contributed by atoms with Gasteiger partial charge >= 0.3 is 0 Å². The molecule has 1 fully saturated rings. The summed E-state index contributed by atoms with van der Waals surface area (Å²) < 4.78 is 0. The first-order chi connectivity index (χ1) is 9.86. The molecule has 1 saturated carbocycles. The molecule has 0 radical (unpaired) electrons. The number of halogens is 1. The molecule has 0 atom stereocenters. The topological polar surface area (TPSA) is 24.9 Å². The summed E-state index contributed by atoms with van der Waals surface area (Å²) in [6, 6.07) is 2.41. The molecule has 112 valence electrons. The molecule has 0 aliphatic heterocycles. The summed E-state index contributed by atoms with van der Waals surface area (Å²) >= 11 is 6.22. The van der Waals surface area contributed by atoms with E-state index in [9.17, 15) is 0 Å². The summed E-state index contributed by atoms with van der Waals surface area (Å²) in [5.74, 6) is 0. The standard InChI is InChI=1S/C17H27ClN2/c18-16-12-13-19-14-17(16)20-15-10-8-6-4-2-1-3-5-7-9-11-15/h12-15,20H,1-11H2. The van der Waals surface area contributed by atoms with E-state index in [0.29, 0.717) is 6.04 Å². The zero-order chi connectivity index (χ0) is 14.0. The van der Waals surface area contributed by atoms with Gasteiger partial charge in [-0.3, -0.25) is 4.98 Å². The van der Waals surface area contributed by atoms with Crippen LogP contribution in [0.1, 0.15) is 70.6 Å². The molecule has 1 aliphatic carbocycles. The Bertz CT molecular complexity index is 369. The Morgan fingerprint density at radius 3 is 2.00 bits per heavy atom. The van der Waals surface area contributed by atoms with Gasteiger partial charge in [0.2, 0.25) is 0 Å². The van der Waals surface area contributed by atoms with Crippen LogP contribution in [0.15, 0.2) is 18.5 Å². The van der Waals surface area contributed by atoms with E-state index >= 15 is 0 Å². The highest BCUT2D eigenvalue weighted by Crippen LogP contribution is 2.24. The molecular formula is C17H27ClN2. The number of hydrogen-bond acceptors (Lipinski definition) is 2. The van der Waals surface area contributed by atoms with Crippen LogP contribution < -0.4 is 5.32 Å². The average molecular weight is 295 g/mol. The van der Waals surface area contributed by atoms with Crippen molar-refractivity contribution in [2.24, 2.45) is 0 Å². The van der Waals surface area contributed by atoms with Gasteiger partial charge < -0.3 is 5.32 Å². The van der Waals surface area contributed by atoms with Gasteiger partial charge in [-0.05, 0) is 18.9 Å². The summed E-state index contributed by atoms with van der Waals surface area (Å²) in [6.07, 6.45) is 18.6. The van der Waals surface area contributed by atoms with Crippen LogP contribution in [0.3, 0.4) is 0 Å². The van der Waals surface area contributed by atoms with Crippen molar-refractivity contribution in [2.75, 3.05) is 5.32 Å². The quantitative estimate of drug-likeness (QED) is 0.743. The normalized spacial score (nSPS) is 19.9. The monoisotopic (exact) mass is 294 g/mol. The van der Waals surface area contributed by atoms with Crippen molar-refractivity contribution in [1.82, 2.24) is 4.98 Å². The largest absolute Gasteiger partial charge is 0.380 e. The first kappa shape index (κ1) is 15.6. The Hall–Kier alpha value is -0.760. The van der Waals surface area contributed by atoms with Crippen LogP contribution in [-0.4, -0.2) is 11.0 Å². The lowest BCUT2D eigenvalue weighted by Crippen LogP contribution is -2.20. The lowest BCUT2D eigenvalue weighted by molar-refractivity contribution is 0.480. The van der Waals surface area contributed by atoms with E-state index in [1.807, 2.05) is 12.3 Å². The number of pyridine rings is 1. The van der Waals surface area contributed by atoms with Crippen LogP contribution in [0, 0.1) is 0 Å². The zero-order valence-corrected chi connectivity index (χ0v) is 13.2. The van der Waals surface area contributed by atoms with Crippen LogP contribution in [0.2, 0.25) is 5.02 Å². The van der Waals surface area contributed by atoms with Gasteiger partial charge in [0.25, 0.3) is 0 Å². The number of rotatable bonds is 2. The number of nitrogens with one attached hydrogen (secondary N) is 1. The molecule has 1 heterocycles. The molecule has 1 aliphatic rings. The summed E-state index contributed by atoms with van der Waals surface area (Å²) in [5.41, 5.74) is 0.992. The fourth-order valence-electron chi connectivity index (χ4n) is 3.01. The second-order valence-corrected chi connectivity index (χ2v) is 6.36. The van der Waals surface area contributed by atoms with Crippen LogP contribution in [-0.2, 0) is 0 Å². The molecule has 3 heteroatoms. The number of anilines is 1. The maximum atomic E-state index is 6.22. The van der Waals surface area contributed by atoms with Gasteiger partial charge in [-0.15, -0.1) is 0 Å². The zero-order valence-electron chi connectivity index (χ0n) is 12.4. The van der Waals surface area contributed by atoms with Crippen molar-refractivity contribution < 1.29 is 0 Å². The third-order valence-electron chi connectivity index (χ3n) is 4.23. The maximum Gasteiger partial charge on any atom is 0.0718 e. The van der Waals surface area contributed by atoms with Crippen molar-refractivity contribution >= 4 is 17.3 Å². The highest BCUT2D eigenvalue weighted by atomic mass is 35.5. The third-order valence-corrected chi connectivity index (χ3v) is 4.56. The minimum absolute atomic E-state index is 0.552. The summed E-state index contributed by atoms with van der Waals surface area (Å²) in [7, 11) is 0. The number of nitrogens with zero attached hydrogens (tertiary/aromatic N) is 1. The molecule has 0 saturated heterocycles. The molecule has 2 rings (SSSR count). The van der Waals surface area contributed by atoms with Gasteiger partial charge in [-0.2, -0.15) is 0 Å². The van der Waals surface area contributed by atoms with Crippen molar-refractivity contribution in [3.8, 4) is 0 Å². The van der Waals surface area contributed by atoms with Gasteiger partial charge in [0.05, 0.1) is 16.9 Å². The molecule has 1 N–H and O–H groups in total. The molecule has 20 heavy (non-hydrogen) atoms. The molecule has 2 nitrogen and oxygen atoms in total. The molecule has 0 aromatic carbocycles. The van der Waals surface area contributed by atoms with Gasteiger partial charge in [0, 0.05) is 12.2 Å². The molecule has 1 aromatic heterocycles. The van der Waals surface area contributed by atoms with Crippen LogP contribution in [0.4, 0.5) is 5.69 Å². The van der Waals surface area contributed by atoms with Crippen LogP contribution in [0.25, 0.3) is 0 Å². The SMILES string of the molecule is Clc1ccncc1NC1CCCCCCCCCCC1.